The quantitative estimate of drug-likeness (QED) is 0.628. The summed E-state index contributed by atoms with van der Waals surface area (Å²) >= 11 is 1.41. The maximum absolute atomic E-state index is 11.0. The monoisotopic (exact) mass is 293 g/mol. The molecule has 0 radical (unpaired) electrons. The van der Waals surface area contributed by atoms with E-state index in [9.17, 15) is 4.79 Å². The van der Waals surface area contributed by atoms with E-state index in [4.69, 9.17) is 20.0 Å². The van der Waals surface area contributed by atoms with E-state index in [1.165, 1.54) is 24.1 Å². The Bertz CT molecular complexity index is 609. The third kappa shape index (κ3) is 3.27. The molecule has 0 aliphatic heterocycles. The van der Waals surface area contributed by atoms with Crippen molar-refractivity contribution >= 4 is 23.4 Å². The maximum Gasteiger partial charge on any atom is 0.339 e. The number of carboxylic acid groups (broad SMARTS) is 1. The second kappa shape index (κ2) is 6.38. The summed E-state index contributed by atoms with van der Waals surface area (Å²) in [5, 5.41) is 9.01. The third-order valence-electron chi connectivity index (χ3n) is 2.63. The minimum Gasteiger partial charge on any atom is -0.494 e. The Hall–Kier alpha value is -2.08. The molecule has 3 N–H and O–H groups in total. The molecule has 0 unspecified atom stereocenters. The summed E-state index contributed by atoms with van der Waals surface area (Å²) in [7, 11) is 0. The molecule has 0 aliphatic rings. The molecule has 0 saturated carbocycles. The van der Waals surface area contributed by atoms with Gasteiger partial charge in [0.25, 0.3) is 0 Å². The van der Waals surface area contributed by atoms with Gasteiger partial charge in [-0.1, -0.05) is 0 Å². The summed E-state index contributed by atoms with van der Waals surface area (Å²) in [5.41, 5.74) is 6.70. The molecule has 0 amide bonds. The zero-order valence-corrected chi connectivity index (χ0v) is 11.8. The van der Waals surface area contributed by atoms with Crippen LogP contribution in [-0.2, 0) is 5.75 Å². The summed E-state index contributed by atoms with van der Waals surface area (Å²) in [5.74, 6) is 0.560. The number of nitrogens with two attached hydrogens (primary N) is 1. The number of ether oxygens (including phenoxy) is 1. The Kier molecular flexibility index (Phi) is 4.57. The standard InChI is InChI=1S/C14H15NO4S/c1-2-18-9-3-4-11(15)13(7-9)20-8-12-10(14(16)17)5-6-19-12/h3-7H,2,8,15H2,1H3,(H,16,17). The van der Waals surface area contributed by atoms with Crippen molar-refractivity contribution in [2.45, 2.75) is 17.6 Å². The van der Waals surface area contributed by atoms with Gasteiger partial charge in [0, 0.05) is 10.6 Å². The molecule has 0 fully saturated rings. The van der Waals surface area contributed by atoms with E-state index in [1.54, 1.807) is 12.1 Å². The van der Waals surface area contributed by atoms with Crippen molar-refractivity contribution in [3.63, 3.8) is 0 Å². The van der Waals surface area contributed by atoms with Crippen LogP contribution in [0.15, 0.2) is 39.8 Å². The predicted octanol–water partition coefficient (Wildman–Crippen LogP) is 3.25. The molecule has 106 valence electrons. The van der Waals surface area contributed by atoms with Crippen molar-refractivity contribution in [2.75, 3.05) is 12.3 Å². The highest BCUT2D eigenvalue weighted by Crippen LogP contribution is 2.32. The molecule has 0 atom stereocenters. The van der Waals surface area contributed by atoms with E-state index < -0.39 is 5.97 Å². The number of hydrogen-bond acceptors (Lipinski definition) is 5. The van der Waals surface area contributed by atoms with Crippen molar-refractivity contribution in [2.24, 2.45) is 0 Å². The van der Waals surface area contributed by atoms with Crippen molar-refractivity contribution in [1.82, 2.24) is 0 Å². The van der Waals surface area contributed by atoms with Crippen molar-refractivity contribution in [3.8, 4) is 5.75 Å². The first-order valence-corrected chi connectivity index (χ1v) is 7.05. The van der Waals surface area contributed by atoms with Crippen LogP contribution in [0.1, 0.15) is 23.0 Å². The third-order valence-corrected chi connectivity index (χ3v) is 3.70. The topological polar surface area (TPSA) is 85.7 Å². The molecule has 2 rings (SSSR count). The largest absolute Gasteiger partial charge is 0.494 e. The minimum atomic E-state index is -0.995. The Morgan fingerprint density at radius 2 is 2.25 bits per heavy atom. The van der Waals surface area contributed by atoms with Crippen molar-refractivity contribution in [3.05, 3.63) is 41.9 Å². The number of nitrogen functional groups attached to an aromatic ring is 1. The highest BCUT2D eigenvalue weighted by molar-refractivity contribution is 7.98. The second-order valence-corrected chi connectivity index (χ2v) is 5.00. The average molecular weight is 293 g/mol. The van der Waals surface area contributed by atoms with E-state index >= 15 is 0 Å². The Morgan fingerprint density at radius 1 is 1.45 bits per heavy atom. The molecule has 2 aromatic rings. The van der Waals surface area contributed by atoms with Crippen LogP contribution in [0.2, 0.25) is 0 Å². The van der Waals surface area contributed by atoms with Gasteiger partial charge in [-0.3, -0.25) is 0 Å². The summed E-state index contributed by atoms with van der Waals surface area (Å²) in [6.07, 6.45) is 1.37. The van der Waals surface area contributed by atoms with Crippen LogP contribution in [0, 0.1) is 0 Å². The van der Waals surface area contributed by atoms with Crippen LogP contribution in [0.3, 0.4) is 0 Å². The number of carboxylic acids is 1. The first-order chi connectivity index (χ1) is 9.61. The number of aromatic carboxylic acids is 1. The van der Waals surface area contributed by atoms with Gasteiger partial charge >= 0.3 is 5.97 Å². The van der Waals surface area contributed by atoms with Gasteiger partial charge < -0.3 is 20.0 Å². The Balaban J connectivity index is 2.12. The molecular weight excluding hydrogens is 278 g/mol. The van der Waals surface area contributed by atoms with Gasteiger partial charge in [0.15, 0.2) is 0 Å². The average Bonchev–Trinajstić information content (AvgIpc) is 2.88. The van der Waals surface area contributed by atoms with Crippen LogP contribution in [-0.4, -0.2) is 17.7 Å². The Labute approximate surface area is 120 Å². The highest BCUT2D eigenvalue weighted by Gasteiger charge is 2.14. The molecule has 1 heterocycles. The lowest BCUT2D eigenvalue weighted by molar-refractivity contribution is 0.0695. The second-order valence-electron chi connectivity index (χ2n) is 3.98. The fraction of sp³-hybridized carbons (Fsp3) is 0.214. The van der Waals surface area contributed by atoms with Gasteiger partial charge in [0.05, 0.1) is 18.6 Å². The molecule has 6 heteroatoms. The first-order valence-electron chi connectivity index (χ1n) is 6.06. The lowest BCUT2D eigenvalue weighted by atomic mass is 10.3. The lowest BCUT2D eigenvalue weighted by Crippen LogP contribution is -1.98. The Morgan fingerprint density at radius 3 is 2.95 bits per heavy atom. The van der Waals surface area contributed by atoms with Crippen LogP contribution in [0.5, 0.6) is 5.75 Å². The van der Waals surface area contributed by atoms with E-state index in [2.05, 4.69) is 0 Å². The maximum atomic E-state index is 11.0. The van der Waals surface area contributed by atoms with Gasteiger partial charge in [-0.25, -0.2) is 4.79 Å². The van der Waals surface area contributed by atoms with Crippen molar-refractivity contribution in [1.29, 1.82) is 0 Å². The fourth-order valence-electron chi connectivity index (χ4n) is 1.68. The SMILES string of the molecule is CCOc1ccc(N)c(SCc2occc2C(=O)O)c1. The normalized spacial score (nSPS) is 10.4. The van der Waals surface area contributed by atoms with Gasteiger partial charge in [-0.2, -0.15) is 0 Å². The van der Waals surface area contributed by atoms with Gasteiger partial charge in [0.2, 0.25) is 0 Å². The van der Waals surface area contributed by atoms with Crippen LogP contribution in [0.4, 0.5) is 5.69 Å². The highest BCUT2D eigenvalue weighted by atomic mass is 32.2. The number of carbonyl (C=O) groups is 1. The summed E-state index contributed by atoms with van der Waals surface area (Å²) in [6.45, 7) is 2.49. The summed E-state index contributed by atoms with van der Waals surface area (Å²) < 4.78 is 10.6. The molecule has 0 saturated heterocycles. The van der Waals surface area contributed by atoms with Crippen LogP contribution < -0.4 is 10.5 Å². The van der Waals surface area contributed by atoms with E-state index in [1.807, 2.05) is 13.0 Å². The molecule has 1 aromatic carbocycles. The number of furan rings is 1. The number of rotatable bonds is 6. The molecule has 0 aliphatic carbocycles. The first kappa shape index (κ1) is 14.3. The molecule has 1 aromatic heterocycles. The number of thioether (sulfide) groups is 1. The lowest BCUT2D eigenvalue weighted by Gasteiger charge is -2.08. The smallest absolute Gasteiger partial charge is 0.339 e. The van der Waals surface area contributed by atoms with E-state index in [0.29, 0.717) is 23.8 Å². The van der Waals surface area contributed by atoms with Crippen LogP contribution in [0.25, 0.3) is 0 Å². The zero-order chi connectivity index (χ0) is 14.5. The predicted molar refractivity (Wildman–Crippen MR) is 77.3 cm³/mol. The van der Waals surface area contributed by atoms with Gasteiger partial charge in [-0.05, 0) is 31.2 Å². The summed E-state index contributed by atoms with van der Waals surface area (Å²) in [6, 6.07) is 6.86. The number of benzene rings is 1. The number of anilines is 1. The molecule has 20 heavy (non-hydrogen) atoms. The molecular formula is C14H15NO4S. The van der Waals surface area contributed by atoms with E-state index in [0.717, 1.165) is 10.6 Å². The molecule has 0 bridgehead atoms. The van der Waals surface area contributed by atoms with Crippen molar-refractivity contribution < 1.29 is 19.1 Å². The zero-order valence-electron chi connectivity index (χ0n) is 11.0. The van der Waals surface area contributed by atoms with E-state index in [-0.39, 0.29) is 5.56 Å². The van der Waals surface area contributed by atoms with Gasteiger partial charge in [-0.15, -0.1) is 11.8 Å². The number of hydrogen-bond donors (Lipinski definition) is 2. The minimum absolute atomic E-state index is 0.178. The van der Waals surface area contributed by atoms with Crippen LogP contribution >= 0.6 is 11.8 Å². The fourth-order valence-corrected chi connectivity index (χ4v) is 2.63. The molecule has 0 spiro atoms. The summed E-state index contributed by atoms with van der Waals surface area (Å²) in [4.78, 5) is 11.8. The molecule has 5 nitrogen and oxygen atoms in total. The van der Waals surface area contributed by atoms with Gasteiger partial charge in [0.1, 0.15) is 17.1 Å².